The second-order valence-electron chi connectivity index (χ2n) is 3.99. The van der Waals surface area contributed by atoms with Crippen LogP contribution in [0.5, 0.6) is 0 Å². The van der Waals surface area contributed by atoms with Gasteiger partial charge in [0, 0.05) is 18.0 Å². The number of thioether (sulfide) groups is 1. The first kappa shape index (κ1) is 12.1. The van der Waals surface area contributed by atoms with Crippen LogP contribution in [0.15, 0.2) is 53.7 Å². The Morgan fingerprint density at radius 2 is 1.94 bits per heavy atom. The second-order valence-corrected chi connectivity index (χ2v) is 4.99. The van der Waals surface area contributed by atoms with E-state index in [1.807, 2.05) is 31.3 Å². The third-order valence-electron chi connectivity index (χ3n) is 2.51. The van der Waals surface area contributed by atoms with Crippen LogP contribution in [-0.4, -0.2) is 4.98 Å². The highest BCUT2D eigenvalue weighted by Gasteiger charge is 2.01. The fourth-order valence-electron chi connectivity index (χ4n) is 1.48. The Bertz CT molecular complexity index is 451. The van der Waals surface area contributed by atoms with Crippen LogP contribution in [0.1, 0.15) is 24.1 Å². The Labute approximate surface area is 106 Å². The van der Waals surface area contributed by atoms with Crippen LogP contribution in [-0.2, 0) is 5.75 Å². The molecular weight excluding hydrogens is 228 g/mol. The van der Waals surface area contributed by atoms with Crippen LogP contribution in [0.25, 0.3) is 0 Å². The first-order valence-electron chi connectivity index (χ1n) is 5.64. The molecule has 1 heterocycles. The van der Waals surface area contributed by atoms with E-state index in [0.717, 1.165) is 16.3 Å². The number of aromatic nitrogens is 1. The fraction of sp³-hybridized carbons (Fsp3) is 0.214. The summed E-state index contributed by atoms with van der Waals surface area (Å²) in [4.78, 5) is 4.40. The third-order valence-corrected chi connectivity index (χ3v) is 3.53. The maximum Gasteiger partial charge on any atom is 0.0963 e. The summed E-state index contributed by atoms with van der Waals surface area (Å²) in [6.45, 7) is 1.97. The van der Waals surface area contributed by atoms with E-state index in [4.69, 9.17) is 5.73 Å². The zero-order chi connectivity index (χ0) is 12.1. The molecule has 1 atom stereocenters. The topological polar surface area (TPSA) is 38.9 Å². The minimum Gasteiger partial charge on any atom is -0.324 e. The number of rotatable bonds is 4. The lowest BCUT2D eigenvalue weighted by molar-refractivity contribution is 0.806. The van der Waals surface area contributed by atoms with E-state index in [1.165, 1.54) is 5.56 Å². The Balaban J connectivity index is 1.96. The van der Waals surface area contributed by atoms with Crippen molar-refractivity contribution in [3.05, 3.63) is 59.8 Å². The predicted molar refractivity (Wildman–Crippen MR) is 72.8 cm³/mol. The quantitative estimate of drug-likeness (QED) is 0.838. The van der Waals surface area contributed by atoms with Gasteiger partial charge in [-0.05, 0) is 24.1 Å². The molecule has 0 spiro atoms. The van der Waals surface area contributed by atoms with Crippen molar-refractivity contribution in [2.24, 2.45) is 5.73 Å². The number of nitrogens with zero attached hydrogens (tertiary/aromatic N) is 1. The molecule has 0 amide bonds. The molecule has 0 unspecified atom stereocenters. The normalized spacial score (nSPS) is 12.4. The number of nitrogens with two attached hydrogens (primary N) is 1. The lowest BCUT2D eigenvalue weighted by Crippen LogP contribution is -2.04. The highest BCUT2D eigenvalue weighted by Crippen LogP contribution is 2.21. The predicted octanol–water partition coefficient (Wildman–Crippen LogP) is 3.39. The van der Waals surface area contributed by atoms with E-state index >= 15 is 0 Å². The Morgan fingerprint density at radius 3 is 2.53 bits per heavy atom. The van der Waals surface area contributed by atoms with Gasteiger partial charge in [0.2, 0.25) is 0 Å². The van der Waals surface area contributed by atoms with Crippen molar-refractivity contribution < 1.29 is 0 Å². The molecule has 0 aliphatic heterocycles. The molecule has 2 nitrogen and oxygen atoms in total. The molecule has 17 heavy (non-hydrogen) atoms. The van der Waals surface area contributed by atoms with Crippen LogP contribution in [0, 0.1) is 0 Å². The molecule has 2 rings (SSSR count). The summed E-state index contributed by atoms with van der Waals surface area (Å²) in [7, 11) is 0. The highest BCUT2D eigenvalue weighted by atomic mass is 32.2. The molecule has 0 saturated heterocycles. The van der Waals surface area contributed by atoms with Crippen molar-refractivity contribution in [2.45, 2.75) is 23.7 Å². The lowest BCUT2D eigenvalue weighted by Gasteiger charge is -2.06. The van der Waals surface area contributed by atoms with Gasteiger partial charge in [-0.1, -0.05) is 36.4 Å². The first-order chi connectivity index (χ1) is 8.25. The SMILES string of the molecule is C[C@H](N)c1ccc(SCc2ccccc2)nc1. The maximum atomic E-state index is 5.78. The summed E-state index contributed by atoms with van der Waals surface area (Å²) < 4.78 is 0. The third kappa shape index (κ3) is 3.58. The molecule has 1 aromatic heterocycles. The summed E-state index contributed by atoms with van der Waals surface area (Å²) in [6, 6.07) is 14.5. The van der Waals surface area contributed by atoms with Crippen LogP contribution in [0.4, 0.5) is 0 Å². The van der Waals surface area contributed by atoms with Crippen molar-refractivity contribution in [1.82, 2.24) is 4.98 Å². The van der Waals surface area contributed by atoms with E-state index in [9.17, 15) is 0 Å². The molecule has 0 bridgehead atoms. The summed E-state index contributed by atoms with van der Waals surface area (Å²) in [5, 5.41) is 1.04. The maximum absolute atomic E-state index is 5.78. The van der Waals surface area contributed by atoms with E-state index in [2.05, 4.69) is 29.2 Å². The summed E-state index contributed by atoms with van der Waals surface area (Å²) in [6.07, 6.45) is 1.86. The molecule has 0 saturated carbocycles. The Kier molecular flexibility index (Phi) is 4.18. The minimum absolute atomic E-state index is 0.0515. The van der Waals surface area contributed by atoms with Crippen molar-refractivity contribution in [3.63, 3.8) is 0 Å². The Morgan fingerprint density at radius 1 is 1.18 bits per heavy atom. The standard InChI is InChI=1S/C14H16N2S/c1-11(15)13-7-8-14(16-9-13)17-10-12-5-3-2-4-6-12/h2-9,11H,10,15H2,1H3/t11-/m0/s1. The van der Waals surface area contributed by atoms with Gasteiger partial charge in [-0.2, -0.15) is 0 Å². The zero-order valence-electron chi connectivity index (χ0n) is 9.84. The van der Waals surface area contributed by atoms with Crippen LogP contribution < -0.4 is 5.73 Å². The van der Waals surface area contributed by atoms with Gasteiger partial charge in [0.05, 0.1) is 5.03 Å². The van der Waals surface area contributed by atoms with E-state index < -0.39 is 0 Å². The summed E-state index contributed by atoms with van der Waals surface area (Å²) >= 11 is 1.74. The number of hydrogen-bond acceptors (Lipinski definition) is 3. The van der Waals surface area contributed by atoms with E-state index in [-0.39, 0.29) is 6.04 Å². The lowest BCUT2D eigenvalue weighted by atomic mass is 10.2. The average molecular weight is 244 g/mol. The van der Waals surface area contributed by atoms with Crippen LogP contribution in [0.3, 0.4) is 0 Å². The molecule has 1 aromatic carbocycles. The number of hydrogen-bond donors (Lipinski definition) is 1. The summed E-state index contributed by atoms with van der Waals surface area (Å²) in [5.41, 5.74) is 8.18. The van der Waals surface area contributed by atoms with Crippen molar-refractivity contribution in [3.8, 4) is 0 Å². The van der Waals surface area contributed by atoms with E-state index in [0.29, 0.717) is 0 Å². The van der Waals surface area contributed by atoms with Gasteiger partial charge in [0.1, 0.15) is 0 Å². The number of pyridine rings is 1. The molecule has 0 aliphatic carbocycles. The smallest absolute Gasteiger partial charge is 0.0963 e. The zero-order valence-corrected chi connectivity index (χ0v) is 10.7. The van der Waals surface area contributed by atoms with Gasteiger partial charge in [-0.15, -0.1) is 11.8 Å². The van der Waals surface area contributed by atoms with Crippen LogP contribution in [0.2, 0.25) is 0 Å². The first-order valence-corrected chi connectivity index (χ1v) is 6.62. The highest BCUT2D eigenvalue weighted by molar-refractivity contribution is 7.98. The van der Waals surface area contributed by atoms with Gasteiger partial charge in [-0.3, -0.25) is 0 Å². The number of benzene rings is 1. The minimum atomic E-state index is 0.0515. The van der Waals surface area contributed by atoms with Gasteiger partial charge in [0.15, 0.2) is 0 Å². The van der Waals surface area contributed by atoms with Gasteiger partial charge in [-0.25, -0.2) is 4.98 Å². The second kappa shape index (κ2) is 5.84. The van der Waals surface area contributed by atoms with Crippen molar-refractivity contribution >= 4 is 11.8 Å². The molecule has 88 valence electrons. The molecule has 0 aliphatic rings. The Hall–Kier alpha value is -1.32. The summed E-state index contributed by atoms with van der Waals surface area (Å²) in [5.74, 6) is 0.950. The molecular formula is C14H16N2S. The largest absolute Gasteiger partial charge is 0.324 e. The van der Waals surface area contributed by atoms with Gasteiger partial charge in [0.25, 0.3) is 0 Å². The van der Waals surface area contributed by atoms with Crippen molar-refractivity contribution in [2.75, 3.05) is 0 Å². The van der Waals surface area contributed by atoms with Crippen molar-refractivity contribution in [1.29, 1.82) is 0 Å². The fourth-order valence-corrected chi connectivity index (χ4v) is 2.28. The molecule has 2 N–H and O–H groups in total. The van der Waals surface area contributed by atoms with Gasteiger partial charge < -0.3 is 5.73 Å². The molecule has 2 aromatic rings. The molecule has 0 fully saturated rings. The van der Waals surface area contributed by atoms with Crippen LogP contribution >= 0.6 is 11.8 Å². The average Bonchev–Trinajstić information content (AvgIpc) is 2.38. The molecule has 3 heteroatoms. The van der Waals surface area contributed by atoms with Gasteiger partial charge >= 0.3 is 0 Å². The van der Waals surface area contributed by atoms with E-state index in [1.54, 1.807) is 11.8 Å². The molecule has 0 radical (unpaired) electrons. The monoisotopic (exact) mass is 244 g/mol.